The van der Waals surface area contributed by atoms with E-state index in [9.17, 15) is 0 Å². The van der Waals surface area contributed by atoms with Crippen LogP contribution in [0.15, 0.2) is 24.3 Å². The van der Waals surface area contributed by atoms with Crippen molar-refractivity contribution in [3.8, 4) is 34.3 Å². The molecular weight excluding hydrogens is 432 g/mol. The molecule has 4 aromatic rings. The number of fused-ring (bicyclic) bond motifs is 5. The third kappa shape index (κ3) is 2.98. The molecule has 0 aliphatic heterocycles. The fraction of sp³-hybridized carbons (Fsp3) is 0.308. The van der Waals surface area contributed by atoms with Crippen LogP contribution in [0.1, 0.15) is 25.1 Å². The summed E-state index contributed by atoms with van der Waals surface area (Å²) in [6.45, 7) is 4.30. The number of pyridine rings is 2. The second-order valence-corrected chi connectivity index (χ2v) is 9.11. The maximum atomic E-state index is 6.80. The Bertz CT molecular complexity index is 1480. The van der Waals surface area contributed by atoms with Gasteiger partial charge in [-0.3, -0.25) is 4.98 Å². The van der Waals surface area contributed by atoms with E-state index in [1.54, 1.807) is 28.4 Å². The Balaban J connectivity index is 1.89. The first-order valence-corrected chi connectivity index (χ1v) is 10.9. The SMILES string of the molecule is COc1cc2nc3c(c(N)c2cc1OC)-c1nc2cc(OC)c(OC)cc2c(N)c1C(C)(C)C3. The molecule has 0 radical (unpaired) electrons. The molecule has 0 unspecified atom stereocenters. The van der Waals surface area contributed by atoms with E-state index in [1.165, 1.54) is 0 Å². The van der Waals surface area contributed by atoms with Gasteiger partial charge in [0.25, 0.3) is 0 Å². The van der Waals surface area contributed by atoms with Crippen LogP contribution < -0.4 is 30.4 Å². The zero-order chi connectivity index (χ0) is 24.4. The summed E-state index contributed by atoms with van der Waals surface area (Å²) in [6, 6.07) is 7.42. The lowest BCUT2D eigenvalue weighted by molar-refractivity contribution is 0.355. The normalized spacial score (nSPS) is 13.9. The van der Waals surface area contributed by atoms with E-state index >= 15 is 0 Å². The van der Waals surface area contributed by atoms with E-state index in [0.717, 1.165) is 38.8 Å². The minimum atomic E-state index is -0.315. The molecule has 1 aliphatic rings. The highest BCUT2D eigenvalue weighted by atomic mass is 16.5. The molecule has 0 saturated heterocycles. The molecule has 0 spiro atoms. The highest BCUT2D eigenvalue weighted by Crippen LogP contribution is 2.50. The van der Waals surface area contributed by atoms with E-state index in [4.69, 9.17) is 40.4 Å². The van der Waals surface area contributed by atoms with Gasteiger partial charge in [0.05, 0.1) is 56.5 Å². The number of aromatic nitrogens is 2. The van der Waals surface area contributed by atoms with E-state index < -0.39 is 0 Å². The smallest absolute Gasteiger partial charge is 0.162 e. The average Bonchev–Trinajstić information content (AvgIpc) is 2.81. The van der Waals surface area contributed by atoms with Crippen molar-refractivity contribution < 1.29 is 18.9 Å². The summed E-state index contributed by atoms with van der Waals surface area (Å²) in [5.41, 5.74) is 19.3. The van der Waals surface area contributed by atoms with Crippen molar-refractivity contribution in [2.24, 2.45) is 0 Å². The predicted octanol–water partition coefficient (Wildman–Crippen LogP) is 4.48. The van der Waals surface area contributed by atoms with Crippen LogP contribution in [0.2, 0.25) is 0 Å². The van der Waals surface area contributed by atoms with Crippen molar-refractivity contribution in [3.05, 3.63) is 35.5 Å². The fourth-order valence-corrected chi connectivity index (χ4v) is 5.05. The van der Waals surface area contributed by atoms with Gasteiger partial charge in [0.15, 0.2) is 23.0 Å². The lowest BCUT2D eigenvalue weighted by Gasteiger charge is -2.35. The van der Waals surface area contributed by atoms with Crippen molar-refractivity contribution in [2.75, 3.05) is 39.9 Å². The molecule has 5 rings (SSSR count). The number of hydrogen-bond donors (Lipinski definition) is 2. The second kappa shape index (κ2) is 7.55. The molecule has 1 aliphatic carbocycles. The summed E-state index contributed by atoms with van der Waals surface area (Å²) < 4.78 is 22.0. The Morgan fingerprint density at radius 1 is 0.706 bits per heavy atom. The summed E-state index contributed by atoms with van der Waals surface area (Å²) in [7, 11) is 6.40. The molecule has 4 N–H and O–H groups in total. The molecule has 0 bridgehead atoms. The predicted molar refractivity (Wildman–Crippen MR) is 134 cm³/mol. The standard InChI is InChI=1S/C26H28N4O4/c1-26(2)11-16-21(23(27)12-7-17(31-3)19(33-5)9-14(12)29-16)25-22(26)24(28)13-8-18(32-4)20(34-6)10-15(13)30-25/h7-10H,11H2,1-6H3,(H2,27,29)(H2,28,30). The van der Waals surface area contributed by atoms with Crippen molar-refractivity contribution in [1.82, 2.24) is 9.97 Å². The van der Waals surface area contributed by atoms with Crippen LogP contribution >= 0.6 is 0 Å². The number of nitrogens with two attached hydrogens (primary N) is 2. The van der Waals surface area contributed by atoms with Crippen molar-refractivity contribution in [2.45, 2.75) is 25.7 Å². The van der Waals surface area contributed by atoms with Crippen LogP contribution in [0.25, 0.3) is 33.1 Å². The molecule has 0 amide bonds. The van der Waals surface area contributed by atoms with Gasteiger partial charge in [0.2, 0.25) is 0 Å². The summed E-state index contributed by atoms with van der Waals surface area (Å²) in [6.07, 6.45) is 0.661. The third-order valence-electron chi connectivity index (χ3n) is 6.66. The van der Waals surface area contributed by atoms with Gasteiger partial charge in [-0.25, -0.2) is 4.98 Å². The molecule has 34 heavy (non-hydrogen) atoms. The number of benzene rings is 2. The molecule has 2 aromatic carbocycles. The van der Waals surface area contributed by atoms with Crippen LogP contribution in [-0.4, -0.2) is 38.4 Å². The van der Waals surface area contributed by atoms with Crippen molar-refractivity contribution in [3.63, 3.8) is 0 Å². The first-order valence-electron chi connectivity index (χ1n) is 10.9. The maximum absolute atomic E-state index is 6.80. The lowest BCUT2D eigenvalue weighted by Crippen LogP contribution is -2.29. The maximum Gasteiger partial charge on any atom is 0.162 e. The average molecular weight is 461 g/mol. The quantitative estimate of drug-likeness (QED) is 0.458. The number of nitrogens with zero attached hydrogens (tertiary/aromatic N) is 2. The third-order valence-corrected chi connectivity index (χ3v) is 6.66. The first kappa shape index (κ1) is 21.9. The number of anilines is 2. The van der Waals surface area contributed by atoms with Crippen LogP contribution in [0.3, 0.4) is 0 Å². The van der Waals surface area contributed by atoms with Gasteiger partial charge in [-0.2, -0.15) is 0 Å². The summed E-state index contributed by atoms with van der Waals surface area (Å²) in [5.74, 6) is 2.37. The van der Waals surface area contributed by atoms with Crippen LogP contribution in [0.5, 0.6) is 23.0 Å². The molecule has 8 nitrogen and oxygen atoms in total. The molecule has 0 saturated carbocycles. The highest BCUT2D eigenvalue weighted by Gasteiger charge is 2.37. The monoisotopic (exact) mass is 460 g/mol. The second-order valence-electron chi connectivity index (χ2n) is 9.11. The summed E-state index contributed by atoms with van der Waals surface area (Å²) >= 11 is 0. The van der Waals surface area contributed by atoms with E-state index in [2.05, 4.69) is 13.8 Å². The summed E-state index contributed by atoms with van der Waals surface area (Å²) in [5, 5.41) is 1.58. The Hall–Kier alpha value is -3.94. The molecule has 176 valence electrons. The van der Waals surface area contributed by atoms with Gasteiger partial charge in [-0.15, -0.1) is 0 Å². The van der Waals surface area contributed by atoms with Crippen molar-refractivity contribution >= 4 is 33.2 Å². The van der Waals surface area contributed by atoms with Gasteiger partial charge >= 0.3 is 0 Å². The van der Waals surface area contributed by atoms with E-state index in [-0.39, 0.29) is 5.41 Å². The number of nitrogen functional groups attached to an aromatic ring is 2. The van der Waals surface area contributed by atoms with E-state index in [0.29, 0.717) is 46.3 Å². The first-order chi connectivity index (χ1) is 16.2. The highest BCUT2D eigenvalue weighted by molar-refractivity contribution is 6.05. The van der Waals surface area contributed by atoms with E-state index in [1.807, 2.05) is 24.3 Å². The molecule has 2 aromatic heterocycles. The lowest BCUT2D eigenvalue weighted by atomic mass is 9.71. The molecule has 0 atom stereocenters. The van der Waals surface area contributed by atoms with Gasteiger partial charge < -0.3 is 30.4 Å². The number of ether oxygens (including phenoxy) is 4. The molecule has 2 heterocycles. The van der Waals surface area contributed by atoms with Crippen molar-refractivity contribution in [1.29, 1.82) is 0 Å². The van der Waals surface area contributed by atoms with Crippen LogP contribution in [-0.2, 0) is 11.8 Å². The van der Waals surface area contributed by atoms with Crippen LogP contribution in [0, 0.1) is 0 Å². The summed E-state index contributed by atoms with van der Waals surface area (Å²) in [4.78, 5) is 10.0. The van der Waals surface area contributed by atoms with Crippen LogP contribution in [0.4, 0.5) is 11.4 Å². The number of rotatable bonds is 4. The zero-order valence-electron chi connectivity index (χ0n) is 20.2. The molecular formula is C26H28N4O4. The molecule has 8 heteroatoms. The number of hydrogen-bond acceptors (Lipinski definition) is 8. The minimum absolute atomic E-state index is 0.315. The Kier molecular flexibility index (Phi) is 4.86. The number of methoxy groups -OCH3 is 4. The fourth-order valence-electron chi connectivity index (χ4n) is 5.05. The zero-order valence-corrected chi connectivity index (χ0v) is 20.2. The topological polar surface area (TPSA) is 115 Å². The Morgan fingerprint density at radius 3 is 1.71 bits per heavy atom. The molecule has 0 fully saturated rings. The Labute approximate surface area is 197 Å². The largest absolute Gasteiger partial charge is 0.493 e. The minimum Gasteiger partial charge on any atom is -0.493 e. The Morgan fingerprint density at radius 2 is 1.18 bits per heavy atom. The van der Waals surface area contributed by atoms with Gasteiger partial charge in [-0.1, -0.05) is 13.8 Å². The van der Waals surface area contributed by atoms with Gasteiger partial charge in [0, 0.05) is 39.7 Å². The van der Waals surface area contributed by atoms with Gasteiger partial charge in [-0.05, 0) is 24.0 Å². The van der Waals surface area contributed by atoms with Gasteiger partial charge in [0.1, 0.15) is 0 Å².